The van der Waals surface area contributed by atoms with E-state index in [1.807, 2.05) is 0 Å². The van der Waals surface area contributed by atoms with Crippen LogP contribution >= 0.6 is 0 Å². The Kier molecular flexibility index (Phi) is 4.55. The van der Waals surface area contributed by atoms with Crippen molar-refractivity contribution >= 4 is 5.97 Å². The molecule has 2 N–H and O–H groups in total. The second kappa shape index (κ2) is 6.56. The van der Waals surface area contributed by atoms with Gasteiger partial charge in [0.2, 0.25) is 0 Å². The standard InChI is InChI=1S/C14H14N2O5/c1-20-9-3-2-4-10(7-9)21-6-5-12-15-8-11(14(18)19)13(17)16-12/h2-4,7-8H,5-6H2,1H3,(H,18,19)(H,15,16,17). The summed E-state index contributed by atoms with van der Waals surface area (Å²) in [5.41, 5.74) is -1.05. The van der Waals surface area contributed by atoms with Crippen molar-refractivity contribution in [2.45, 2.75) is 6.42 Å². The van der Waals surface area contributed by atoms with Crippen molar-refractivity contribution in [3.8, 4) is 11.5 Å². The predicted octanol–water partition coefficient (Wildman–Crippen LogP) is 1.10. The maximum Gasteiger partial charge on any atom is 0.342 e. The van der Waals surface area contributed by atoms with Gasteiger partial charge in [0.15, 0.2) is 0 Å². The molecule has 7 heteroatoms. The highest BCUT2D eigenvalue weighted by Crippen LogP contribution is 2.18. The van der Waals surface area contributed by atoms with E-state index in [1.165, 1.54) is 0 Å². The molecule has 0 unspecified atom stereocenters. The largest absolute Gasteiger partial charge is 0.497 e. The van der Waals surface area contributed by atoms with Gasteiger partial charge < -0.3 is 19.6 Å². The zero-order valence-corrected chi connectivity index (χ0v) is 11.3. The molecule has 7 nitrogen and oxygen atoms in total. The minimum Gasteiger partial charge on any atom is -0.497 e. The van der Waals surface area contributed by atoms with Crippen LogP contribution in [0.5, 0.6) is 11.5 Å². The first kappa shape index (κ1) is 14.6. The smallest absolute Gasteiger partial charge is 0.342 e. The normalized spacial score (nSPS) is 10.1. The molecule has 2 aromatic rings. The first-order valence-corrected chi connectivity index (χ1v) is 6.18. The Morgan fingerprint density at radius 1 is 1.38 bits per heavy atom. The topological polar surface area (TPSA) is 102 Å². The fourth-order valence-electron chi connectivity index (χ4n) is 1.67. The lowest BCUT2D eigenvalue weighted by Crippen LogP contribution is -2.21. The number of nitrogens with one attached hydrogen (secondary N) is 1. The molecule has 0 fully saturated rings. The van der Waals surface area contributed by atoms with Crippen molar-refractivity contribution < 1.29 is 19.4 Å². The number of aromatic carboxylic acids is 1. The highest BCUT2D eigenvalue weighted by Gasteiger charge is 2.09. The number of carbonyl (C=O) groups is 1. The Morgan fingerprint density at radius 3 is 2.81 bits per heavy atom. The molecule has 21 heavy (non-hydrogen) atoms. The number of aromatic nitrogens is 2. The van der Waals surface area contributed by atoms with Crippen LogP contribution in [-0.2, 0) is 6.42 Å². The fraction of sp³-hybridized carbons (Fsp3) is 0.214. The summed E-state index contributed by atoms with van der Waals surface area (Å²) < 4.78 is 10.6. The Hall–Kier alpha value is -2.83. The zero-order chi connectivity index (χ0) is 15.2. The molecule has 1 aromatic carbocycles. The fourth-order valence-corrected chi connectivity index (χ4v) is 1.67. The summed E-state index contributed by atoms with van der Waals surface area (Å²) in [7, 11) is 1.57. The van der Waals surface area contributed by atoms with Gasteiger partial charge in [-0.05, 0) is 12.1 Å². The van der Waals surface area contributed by atoms with E-state index in [0.717, 1.165) is 6.20 Å². The van der Waals surface area contributed by atoms with Gasteiger partial charge in [-0.3, -0.25) is 4.79 Å². The highest BCUT2D eigenvalue weighted by molar-refractivity contribution is 5.86. The Balaban J connectivity index is 1.95. The van der Waals surface area contributed by atoms with Crippen molar-refractivity contribution in [3.05, 3.63) is 52.2 Å². The van der Waals surface area contributed by atoms with Crippen LogP contribution in [-0.4, -0.2) is 34.8 Å². The van der Waals surface area contributed by atoms with Crippen molar-refractivity contribution in [2.24, 2.45) is 0 Å². The first-order valence-electron chi connectivity index (χ1n) is 6.18. The molecule has 0 aliphatic carbocycles. The zero-order valence-electron chi connectivity index (χ0n) is 11.3. The van der Waals surface area contributed by atoms with Crippen LogP contribution in [0.25, 0.3) is 0 Å². The van der Waals surface area contributed by atoms with Gasteiger partial charge in [0, 0.05) is 18.7 Å². The van der Waals surface area contributed by atoms with Crippen LogP contribution in [0.4, 0.5) is 0 Å². The summed E-state index contributed by atoms with van der Waals surface area (Å²) in [6, 6.07) is 7.13. The van der Waals surface area contributed by atoms with Gasteiger partial charge in [0.25, 0.3) is 5.56 Å². The number of ether oxygens (including phenoxy) is 2. The molecule has 2 rings (SSSR count). The van der Waals surface area contributed by atoms with Gasteiger partial charge in [-0.1, -0.05) is 6.07 Å². The van der Waals surface area contributed by atoms with E-state index >= 15 is 0 Å². The monoisotopic (exact) mass is 290 g/mol. The molecule has 1 aromatic heterocycles. The van der Waals surface area contributed by atoms with Crippen LogP contribution in [0.2, 0.25) is 0 Å². The van der Waals surface area contributed by atoms with Gasteiger partial charge in [-0.25, -0.2) is 9.78 Å². The molecule has 110 valence electrons. The Labute approximate surface area is 120 Å². The molecule has 0 radical (unpaired) electrons. The van der Waals surface area contributed by atoms with Gasteiger partial charge in [-0.15, -0.1) is 0 Å². The minimum absolute atomic E-state index is 0.294. The molecule has 0 saturated heterocycles. The lowest BCUT2D eigenvalue weighted by atomic mass is 10.3. The molecular formula is C14H14N2O5. The maximum atomic E-state index is 11.5. The predicted molar refractivity (Wildman–Crippen MR) is 74.0 cm³/mol. The lowest BCUT2D eigenvalue weighted by Gasteiger charge is -2.07. The quantitative estimate of drug-likeness (QED) is 0.826. The number of H-pyrrole nitrogens is 1. The van der Waals surface area contributed by atoms with Crippen molar-refractivity contribution in [2.75, 3.05) is 13.7 Å². The second-order valence-electron chi connectivity index (χ2n) is 4.16. The molecule has 0 spiro atoms. The molecular weight excluding hydrogens is 276 g/mol. The summed E-state index contributed by atoms with van der Waals surface area (Å²) in [4.78, 5) is 28.5. The van der Waals surface area contributed by atoms with Crippen molar-refractivity contribution in [1.82, 2.24) is 9.97 Å². The maximum absolute atomic E-state index is 11.5. The van der Waals surface area contributed by atoms with Crippen molar-refractivity contribution in [3.63, 3.8) is 0 Å². The number of benzene rings is 1. The number of hydrogen-bond donors (Lipinski definition) is 2. The van der Waals surface area contributed by atoms with Crippen LogP contribution in [0, 0.1) is 0 Å². The third-order valence-electron chi connectivity index (χ3n) is 2.73. The minimum atomic E-state index is -1.30. The van der Waals surface area contributed by atoms with E-state index < -0.39 is 11.5 Å². The highest BCUT2D eigenvalue weighted by atomic mass is 16.5. The molecule has 0 saturated carbocycles. The van der Waals surface area contributed by atoms with Gasteiger partial charge in [-0.2, -0.15) is 0 Å². The molecule has 0 atom stereocenters. The van der Waals surface area contributed by atoms with Crippen molar-refractivity contribution in [1.29, 1.82) is 0 Å². The average molecular weight is 290 g/mol. The Bertz CT molecular complexity index is 696. The molecule has 0 aliphatic heterocycles. The van der Waals surface area contributed by atoms with E-state index in [2.05, 4.69) is 9.97 Å². The number of hydrogen-bond acceptors (Lipinski definition) is 5. The van der Waals surface area contributed by atoms with Gasteiger partial charge in [0.1, 0.15) is 22.9 Å². The van der Waals surface area contributed by atoms with E-state index in [-0.39, 0.29) is 5.56 Å². The van der Waals surface area contributed by atoms with E-state index in [0.29, 0.717) is 30.4 Å². The van der Waals surface area contributed by atoms with Crippen LogP contribution < -0.4 is 15.0 Å². The number of methoxy groups -OCH3 is 1. The number of rotatable bonds is 6. The Morgan fingerprint density at radius 2 is 2.14 bits per heavy atom. The molecule has 1 heterocycles. The van der Waals surface area contributed by atoms with E-state index in [4.69, 9.17) is 14.6 Å². The number of aromatic amines is 1. The van der Waals surface area contributed by atoms with E-state index in [1.54, 1.807) is 31.4 Å². The molecule has 0 aliphatic rings. The summed E-state index contributed by atoms with van der Waals surface area (Å²) >= 11 is 0. The van der Waals surface area contributed by atoms with Gasteiger partial charge >= 0.3 is 5.97 Å². The van der Waals surface area contributed by atoms with Gasteiger partial charge in [0.05, 0.1) is 13.7 Å². The number of nitrogens with zero attached hydrogens (tertiary/aromatic N) is 1. The van der Waals surface area contributed by atoms with Crippen LogP contribution in [0.15, 0.2) is 35.3 Å². The summed E-state index contributed by atoms with van der Waals surface area (Å²) in [5.74, 6) is 0.388. The summed E-state index contributed by atoms with van der Waals surface area (Å²) in [6.07, 6.45) is 1.40. The van der Waals surface area contributed by atoms with E-state index in [9.17, 15) is 9.59 Å². The third-order valence-corrected chi connectivity index (χ3v) is 2.73. The SMILES string of the molecule is COc1cccc(OCCc2ncc(C(=O)O)c(=O)[nH]2)c1. The summed E-state index contributed by atoms with van der Waals surface area (Å²) in [6.45, 7) is 0.294. The van der Waals surface area contributed by atoms with Crippen LogP contribution in [0.3, 0.4) is 0 Å². The van der Waals surface area contributed by atoms with Crippen LogP contribution in [0.1, 0.15) is 16.2 Å². The lowest BCUT2D eigenvalue weighted by molar-refractivity contribution is 0.0694. The third kappa shape index (κ3) is 3.82. The second-order valence-corrected chi connectivity index (χ2v) is 4.16. The summed E-state index contributed by atoms with van der Waals surface area (Å²) in [5, 5.41) is 8.73. The first-order chi connectivity index (χ1) is 10.1. The number of carboxylic acid groups (broad SMARTS) is 1. The molecule has 0 amide bonds. The molecule has 0 bridgehead atoms. The number of carboxylic acids is 1. The average Bonchev–Trinajstić information content (AvgIpc) is 2.47.